The molecule has 1 saturated heterocycles. The maximum absolute atomic E-state index is 12.9. The van der Waals surface area contributed by atoms with Crippen molar-refractivity contribution >= 4 is 11.7 Å². The summed E-state index contributed by atoms with van der Waals surface area (Å²) >= 11 is 0. The van der Waals surface area contributed by atoms with Gasteiger partial charge in [0.15, 0.2) is 0 Å². The summed E-state index contributed by atoms with van der Waals surface area (Å²) in [6.45, 7) is 7.87. The Morgan fingerprint density at radius 3 is 2.35 bits per heavy atom. The molecule has 138 valence electrons. The Bertz CT molecular complexity index is 737. The van der Waals surface area contributed by atoms with Gasteiger partial charge in [0.25, 0.3) is 0 Å². The zero-order chi connectivity index (χ0) is 18.5. The smallest absolute Gasteiger partial charge is 0.317 e. The highest BCUT2D eigenvalue weighted by molar-refractivity contribution is 5.74. The van der Waals surface area contributed by atoms with Crippen LogP contribution in [0.3, 0.4) is 0 Å². The summed E-state index contributed by atoms with van der Waals surface area (Å²) in [5, 5.41) is 2.92. The number of hydrogen-bond acceptors (Lipinski definition) is 2. The number of nitrogens with one attached hydrogen (secondary N) is 1. The molecule has 0 bridgehead atoms. The number of nitrogens with zero attached hydrogens (tertiary/aromatic N) is 2. The highest BCUT2D eigenvalue weighted by atomic mass is 19.1. The number of hydrogen-bond donors (Lipinski definition) is 1. The van der Waals surface area contributed by atoms with Gasteiger partial charge in [0.05, 0.1) is 0 Å². The highest BCUT2D eigenvalue weighted by Gasteiger charge is 2.22. The molecule has 5 heteroatoms. The number of carbonyl (C=O) groups excluding carboxylic acids is 1. The summed E-state index contributed by atoms with van der Waals surface area (Å²) in [6, 6.07) is 14.6. The molecule has 0 saturated carbocycles. The highest BCUT2D eigenvalue weighted by Crippen LogP contribution is 2.28. The van der Waals surface area contributed by atoms with E-state index in [-0.39, 0.29) is 11.8 Å². The first-order valence-corrected chi connectivity index (χ1v) is 9.15. The number of amides is 2. The van der Waals surface area contributed by atoms with Crippen molar-refractivity contribution < 1.29 is 9.18 Å². The fourth-order valence-electron chi connectivity index (χ4n) is 3.31. The number of benzene rings is 2. The van der Waals surface area contributed by atoms with Gasteiger partial charge in [-0.15, -0.1) is 0 Å². The second-order valence-corrected chi connectivity index (χ2v) is 6.97. The Kier molecular flexibility index (Phi) is 5.76. The Labute approximate surface area is 154 Å². The fraction of sp³-hybridized carbons (Fsp3) is 0.381. The first kappa shape index (κ1) is 18.2. The van der Waals surface area contributed by atoms with Gasteiger partial charge in [-0.3, -0.25) is 0 Å². The summed E-state index contributed by atoms with van der Waals surface area (Å²) in [5.74, 6) is 0.209. The number of carbonyl (C=O) groups is 1. The van der Waals surface area contributed by atoms with Gasteiger partial charge in [0, 0.05) is 38.4 Å². The van der Waals surface area contributed by atoms with Crippen LogP contribution < -0.4 is 10.2 Å². The van der Waals surface area contributed by atoms with Gasteiger partial charge in [-0.1, -0.05) is 44.2 Å². The molecule has 0 unspecified atom stereocenters. The van der Waals surface area contributed by atoms with E-state index in [9.17, 15) is 9.18 Å². The molecular weight excluding hydrogens is 329 g/mol. The Morgan fingerprint density at radius 2 is 1.69 bits per heavy atom. The molecule has 0 atom stereocenters. The van der Waals surface area contributed by atoms with Crippen molar-refractivity contribution in [1.82, 2.24) is 10.2 Å². The van der Waals surface area contributed by atoms with Crippen LogP contribution in [0.5, 0.6) is 0 Å². The number of rotatable bonds is 4. The van der Waals surface area contributed by atoms with E-state index in [4.69, 9.17) is 0 Å². The molecule has 2 amide bonds. The molecule has 0 aromatic heterocycles. The van der Waals surface area contributed by atoms with E-state index >= 15 is 0 Å². The minimum atomic E-state index is -0.266. The van der Waals surface area contributed by atoms with E-state index in [1.165, 1.54) is 23.4 Å². The molecular formula is C21H26FN3O. The quantitative estimate of drug-likeness (QED) is 0.900. The van der Waals surface area contributed by atoms with Gasteiger partial charge in [0.1, 0.15) is 5.82 Å². The minimum Gasteiger partial charge on any atom is -0.368 e. The third kappa shape index (κ3) is 4.34. The SMILES string of the molecule is CC(C)c1ccccc1N1CCN(C(=O)NCc2ccc(F)cc2)CC1. The van der Waals surface area contributed by atoms with Crippen molar-refractivity contribution in [2.24, 2.45) is 0 Å². The van der Waals surface area contributed by atoms with Gasteiger partial charge in [-0.2, -0.15) is 0 Å². The van der Waals surface area contributed by atoms with Crippen LogP contribution in [0, 0.1) is 5.82 Å². The predicted molar refractivity (Wildman–Crippen MR) is 103 cm³/mol. The van der Waals surface area contributed by atoms with Crippen LogP contribution in [0.15, 0.2) is 48.5 Å². The van der Waals surface area contributed by atoms with Crippen molar-refractivity contribution in [3.63, 3.8) is 0 Å². The lowest BCUT2D eigenvalue weighted by atomic mass is 10.00. The van der Waals surface area contributed by atoms with E-state index in [0.29, 0.717) is 25.6 Å². The van der Waals surface area contributed by atoms with Crippen LogP contribution in [0.25, 0.3) is 0 Å². The molecule has 4 nitrogen and oxygen atoms in total. The van der Waals surface area contributed by atoms with Crippen LogP contribution >= 0.6 is 0 Å². The summed E-state index contributed by atoms with van der Waals surface area (Å²) in [6.07, 6.45) is 0. The molecule has 1 aliphatic heterocycles. The second-order valence-electron chi connectivity index (χ2n) is 6.97. The van der Waals surface area contributed by atoms with E-state index in [0.717, 1.165) is 18.7 Å². The van der Waals surface area contributed by atoms with E-state index in [1.807, 2.05) is 4.90 Å². The average molecular weight is 355 g/mol. The summed E-state index contributed by atoms with van der Waals surface area (Å²) in [4.78, 5) is 16.6. The monoisotopic (exact) mass is 355 g/mol. The molecule has 0 radical (unpaired) electrons. The van der Waals surface area contributed by atoms with Crippen molar-refractivity contribution in [1.29, 1.82) is 0 Å². The Hall–Kier alpha value is -2.56. The third-order valence-corrected chi connectivity index (χ3v) is 4.82. The van der Waals surface area contributed by atoms with E-state index in [2.05, 4.69) is 48.3 Å². The summed E-state index contributed by atoms with van der Waals surface area (Å²) in [7, 11) is 0. The molecule has 1 aliphatic rings. The predicted octanol–water partition coefficient (Wildman–Crippen LogP) is 3.98. The molecule has 2 aromatic carbocycles. The Morgan fingerprint density at radius 1 is 1.04 bits per heavy atom. The largest absolute Gasteiger partial charge is 0.368 e. The van der Waals surface area contributed by atoms with Crippen molar-refractivity contribution in [3.05, 3.63) is 65.5 Å². The first-order valence-electron chi connectivity index (χ1n) is 9.15. The summed E-state index contributed by atoms with van der Waals surface area (Å²) in [5.41, 5.74) is 3.51. The average Bonchev–Trinajstić information content (AvgIpc) is 2.67. The number of piperazine rings is 1. The van der Waals surface area contributed by atoms with Crippen LogP contribution in [0.2, 0.25) is 0 Å². The topological polar surface area (TPSA) is 35.6 Å². The van der Waals surface area contributed by atoms with Crippen LogP contribution in [0.1, 0.15) is 30.9 Å². The van der Waals surface area contributed by atoms with Crippen LogP contribution in [-0.4, -0.2) is 37.1 Å². The second kappa shape index (κ2) is 8.21. The van der Waals surface area contributed by atoms with Crippen molar-refractivity contribution in [2.75, 3.05) is 31.1 Å². The Balaban J connectivity index is 1.53. The molecule has 2 aromatic rings. The first-order chi connectivity index (χ1) is 12.5. The van der Waals surface area contributed by atoms with Gasteiger partial charge in [0.2, 0.25) is 0 Å². The lowest BCUT2D eigenvalue weighted by molar-refractivity contribution is 0.194. The fourth-order valence-corrected chi connectivity index (χ4v) is 3.31. The number of urea groups is 1. The zero-order valence-corrected chi connectivity index (χ0v) is 15.4. The maximum atomic E-state index is 12.9. The van der Waals surface area contributed by atoms with Gasteiger partial charge < -0.3 is 15.1 Å². The molecule has 3 rings (SSSR count). The van der Waals surface area contributed by atoms with Gasteiger partial charge in [-0.05, 0) is 35.2 Å². The van der Waals surface area contributed by atoms with Crippen LogP contribution in [0.4, 0.5) is 14.9 Å². The molecule has 1 fully saturated rings. The normalized spacial score (nSPS) is 14.6. The standard InChI is InChI=1S/C21H26FN3O/c1-16(2)19-5-3-4-6-20(19)24-11-13-25(14-12-24)21(26)23-15-17-7-9-18(22)10-8-17/h3-10,16H,11-15H2,1-2H3,(H,23,26). The van der Waals surface area contributed by atoms with E-state index < -0.39 is 0 Å². The van der Waals surface area contributed by atoms with Gasteiger partial charge in [-0.25, -0.2) is 9.18 Å². The summed E-state index contributed by atoms with van der Waals surface area (Å²) < 4.78 is 12.9. The van der Waals surface area contributed by atoms with Crippen molar-refractivity contribution in [3.8, 4) is 0 Å². The number of para-hydroxylation sites is 1. The number of anilines is 1. The zero-order valence-electron chi connectivity index (χ0n) is 15.4. The minimum absolute atomic E-state index is 0.0638. The lowest BCUT2D eigenvalue weighted by Gasteiger charge is -2.37. The molecule has 0 aliphatic carbocycles. The van der Waals surface area contributed by atoms with E-state index in [1.54, 1.807) is 12.1 Å². The van der Waals surface area contributed by atoms with Crippen molar-refractivity contribution in [2.45, 2.75) is 26.3 Å². The molecule has 1 N–H and O–H groups in total. The van der Waals surface area contributed by atoms with Crippen LogP contribution in [-0.2, 0) is 6.54 Å². The lowest BCUT2D eigenvalue weighted by Crippen LogP contribution is -2.51. The maximum Gasteiger partial charge on any atom is 0.317 e. The molecule has 0 spiro atoms. The van der Waals surface area contributed by atoms with Gasteiger partial charge >= 0.3 is 6.03 Å². The third-order valence-electron chi connectivity index (χ3n) is 4.82. The molecule has 26 heavy (non-hydrogen) atoms. The molecule has 1 heterocycles. The number of halogens is 1.